The van der Waals surface area contributed by atoms with E-state index in [1.54, 1.807) is 7.11 Å². The van der Waals surface area contributed by atoms with Gasteiger partial charge < -0.3 is 14.2 Å². The van der Waals surface area contributed by atoms with Crippen molar-refractivity contribution in [2.75, 3.05) is 13.7 Å². The molecule has 1 saturated carbocycles. The Labute approximate surface area is 156 Å². The van der Waals surface area contributed by atoms with Crippen LogP contribution in [0.4, 0.5) is 0 Å². The molecular formula is C22H30O4. The Hall–Kier alpha value is -1.81. The van der Waals surface area contributed by atoms with Crippen LogP contribution in [-0.4, -0.2) is 25.3 Å². The molecule has 0 bridgehead atoms. The molecule has 0 unspecified atom stereocenters. The second kappa shape index (κ2) is 7.07. The first-order valence-corrected chi connectivity index (χ1v) is 9.39. The molecule has 1 saturated heterocycles. The molecule has 1 aromatic rings. The number of hydrogen-bond donors (Lipinski definition) is 0. The number of esters is 1. The number of carbonyl (C=O) groups excluding carboxylic acids is 1. The molecule has 2 fully saturated rings. The molecule has 1 aliphatic carbocycles. The van der Waals surface area contributed by atoms with Gasteiger partial charge in [-0.15, -0.1) is 0 Å². The standard InChI is InChI=1S/C22H30O4/c1-15(13-25-14-17-6-8-19(24-5)9-7-17)10-16(2)22-18(11-20(23)26-22)12-21(22,3)4/h6-9,15,18H,2,10-14H2,1,3-5H3/t15-,18-,22-/m0/s1. The highest BCUT2D eigenvalue weighted by molar-refractivity contribution is 5.75. The van der Waals surface area contributed by atoms with Crippen LogP contribution in [0.3, 0.4) is 0 Å². The fraction of sp³-hybridized carbons (Fsp3) is 0.591. The molecule has 4 nitrogen and oxygen atoms in total. The molecule has 26 heavy (non-hydrogen) atoms. The van der Waals surface area contributed by atoms with Gasteiger partial charge in [-0.3, -0.25) is 4.79 Å². The summed E-state index contributed by atoms with van der Waals surface area (Å²) in [5.74, 6) is 1.39. The third-order valence-corrected chi connectivity index (χ3v) is 5.98. The van der Waals surface area contributed by atoms with Crippen molar-refractivity contribution in [1.29, 1.82) is 0 Å². The van der Waals surface area contributed by atoms with Gasteiger partial charge in [0.1, 0.15) is 11.4 Å². The number of hydrogen-bond acceptors (Lipinski definition) is 4. The summed E-state index contributed by atoms with van der Waals surface area (Å²) in [4.78, 5) is 11.9. The van der Waals surface area contributed by atoms with Gasteiger partial charge >= 0.3 is 5.97 Å². The Morgan fingerprint density at radius 1 is 1.35 bits per heavy atom. The highest BCUT2D eigenvalue weighted by atomic mass is 16.6. The third kappa shape index (κ3) is 3.27. The molecule has 0 spiro atoms. The third-order valence-electron chi connectivity index (χ3n) is 5.98. The summed E-state index contributed by atoms with van der Waals surface area (Å²) in [6, 6.07) is 7.91. The van der Waals surface area contributed by atoms with Crippen molar-refractivity contribution in [3.8, 4) is 5.75 Å². The van der Waals surface area contributed by atoms with Gasteiger partial charge in [0.25, 0.3) is 0 Å². The molecule has 0 aromatic heterocycles. The van der Waals surface area contributed by atoms with Crippen LogP contribution in [0.15, 0.2) is 36.4 Å². The quantitative estimate of drug-likeness (QED) is 0.506. The number of carbonyl (C=O) groups is 1. The van der Waals surface area contributed by atoms with Crippen LogP contribution in [0.25, 0.3) is 0 Å². The summed E-state index contributed by atoms with van der Waals surface area (Å²) in [5.41, 5.74) is 1.68. The van der Waals surface area contributed by atoms with Gasteiger partial charge in [-0.05, 0) is 42.0 Å². The van der Waals surface area contributed by atoms with Crippen molar-refractivity contribution >= 4 is 5.97 Å². The first-order chi connectivity index (χ1) is 12.3. The van der Waals surface area contributed by atoms with Crippen molar-refractivity contribution < 1.29 is 19.0 Å². The van der Waals surface area contributed by atoms with Gasteiger partial charge in [-0.1, -0.05) is 39.5 Å². The van der Waals surface area contributed by atoms with E-state index in [1.807, 2.05) is 24.3 Å². The Bertz CT molecular complexity index is 676. The van der Waals surface area contributed by atoms with E-state index in [-0.39, 0.29) is 11.4 Å². The Morgan fingerprint density at radius 3 is 2.62 bits per heavy atom. The fourth-order valence-corrected chi connectivity index (χ4v) is 4.76. The SMILES string of the molecule is C=C(C[C@H](C)COCc1ccc(OC)cc1)[C@]12OC(=O)C[C@H]1CC2(C)C. The second-order valence-corrected chi connectivity index (χ2v) is 8.47. The molecule has 1 aromatic carbocycles. The van der Waals surface area contributed by atoms with E-state index in [0.717, 1.165) is 29.7 Å². The minimum Gasteiger partial charge on any atom is -0.497 e. The number of fused-ring (bicyclic) bond motifs is 1. The molecule has 2 aliphatic rings. The zero-order valence-corrected chi connectivity index (χ0v) is 16.3. The molecule has 0 amide bonds. The van der Waals surface area contributed by atoms with E-state index in [4.69, 9.17) is 14.2 Å². The molecule has 142 valence electrons. The van der Waals surface area contributed by atoms with E-state index in [2.05, 4.69) is 27.4 Å². The summed E-state index contributed by atoms with van der Waals surface area (Å²) in [7, 11) is 1.66. The normalized spacial score (nSPS) is 27.2. The summed E-state index contributed by atoms with van der Waals surface area (Å²) >= 11 is 0. The molecular weight excluding hydrogens is 328 g/mol. The first kappa shape index (κ1) is 19.0. The van der Waals surface area contributed by atoms with Crippen molar-refractivity contribution in [3.05, 3.63) is 42.0 Å². The topological polar surface area (TPSA) is 44.8 Å². The predicted octanol–water partition coefficient (Wildman–Crippen LogP) is 4.53. The molecule has 1 heterocycles. The lowest BCUT2D eigenvalue weighted by atomic mass is 9.49. The number of methoxy groups -OCH3 is 1. The van der Waals surface area contributed by atoms with Crippen LogP contribution < -0.4 is 4.74 Å². The number of benzene rings is 1. The Kier molecular flexibility index (Phi) is 5.16. The van der Waals surface area contributed by atoms with E-state index in [1.165, 1.54) is 0 Å². The van der Waals surface area contributed by atoms with E-state index >= 15 is 0 Å². The number of ether oxygens (including phenoxy) is 3. The summed E-state index contributed by atoms with van der Waals surface area (Å²) < 4.78 is 16.9. The van der Waals surface area contributed by atoms with Gasteiger partial charge in [0.05, 0.1) is 20.1 Å². The van der Waals surface area contributed by atoms with Gasteiger partial charge in [-0.2, -0.15) is 0 Å². The number of rotatable bonds is 8. The highest BCUT2D eigenvalue weighted by Gasteiger charge is 2.68. The van der Waals surface area contributed by atoms with Gasteiger partial charge in [-0.25, -0.2) is 0 Å². The Morgan fingerprint density at radius 2 is 2.04 bits per heavy atom. The van der Waals surface area contributed by atoms with Crippen LogP contribution >= 0.6 is 0 Å². The maximum absolute atomic E-state index is 11.9. The molecule has 4 heteroatoms. The molecule has 3 atom stereocenters. The van der Waals surface area contributed by atoms with Gasteiger partial charge in [0, 0.05) is 17.9 Å². The van der Waals surface area contributed by atoms with Crippen LogP contribution in [0, 0.1) is 17.3 Å². The lowest BCUT2D eigenvalue weighted by Crippen LogP contribution is -2.60. The van der Waals surface area contributed by atoms with Crippen molar-refractivity contribution in [3.63, 3.8) is 0 Å². The van der Waals surface area contributed by atoms with Crippen molar-refractivity contribution in [2.24, 2.45) is 17.3 Å². The first-order valence-electron chi connectivity index (χ1n) is 9.39. The van der Waals surface area contributed by atoms with E-state index in [0.29, 0.717) is 31.5 Å². The largest absolute Gasteiger partial charge is 0.497 e. The van der Waals surface area contributed by atoms with E-state index < -0.39 is 5.60 Å². The van der Waals surface area contributed by atoms with Crippen LogP contribution in [0.2, 0.25) is 0 Å². The molecule has 3 rings (SSSR count). The summed E-state index contributed by atoms with van der Waals surface area (Å²) in [5, 5.41) is 0. The van der Waals surface area contributed by atoms with Crippen LogP contribution in [0.1, 0.15) is 45.6 Å². The maximum atomic E-state index is 11.9. The second-order valence-electron chi connectivity index (χ2n) is 8.47. The lowest BCUT2D eigenvalue weighted by molar-refractivity contribution is -0.178. The average molecular weight is 358 g/mol. The predicted molar refractivity (Wildman–Crippen MR) is 101 cm³/mol. The van der Waals surface area contributed by atoms with Gasteiger partial charge in [0.15, 0.2) is 0 Å². The molecule has 0 N–H and O–H groups in total. The lowest BCUT2D eigenvalue weighted by Gasteiger charge is -2.57. The monoisotopic (exact) mass is 358 g/mol. The Balaban J connectivity index is 1.50. The van der Waals surface area contributed by atoms with Crippen molar-refractivity contribution in [1.82, 2.24) is 0 Å². The molecule has 1 aliphatic heterocycles. The zero-order chi connectivity index (χ0) is 18.9. The minimum atomic E-state index is -0.464. The maximum Gasteiger partial charge on any atom is 0.307 e. The smallest absolute Gasteiger partial charge is 0.307 e. The van der Waals surface area contributed by atoms with Crippen LogP contribution in [0.5, 0.6) is 5.75 Å². The van der Waals surface area contributed by atoms with E-state index in [9.17, 15) is 4.79 Å². The van der Waals surface area contributed by atoms with Crippen LogP contribution in [-0.2, 0) is 20.9 Å². The summed E-state index contributed by atoms with van der Waals surface area (Å²) in [6.45, 7) is 12.1. The molecule has 0 radical (unpaired) electrons. The van der Waals surface area contributed by atoms with Gasteiger partial charge in [0.2, 0.25) is 0 Å². The fourth-order valence-electron chi connectivity index (χ4n) is 4.76. The zero-order valence-electron chi connectivity index (χ0n) is 16.3. The van der Waals surface area contributed by atoms with Crippen molar-refractivity contribution in [2.45, 2.75) is 52.2 Å². The average Bonchev–Trinajstić information content (AvgIpc) is 2.88. The summed E-state index contributed by atoms with van der Waals surface area (Å²) in [6.07, 6.45) is 2.38. The highest BCUT2D eigenvalue weighted by Crippen LogP contribution is 2.64. The minimum absolute atomic E-state index is 0.0232.